The summed E-state index contributed by atoms with van der Waals surface area (Å²) in [5, 5.41) is 28.6. The molecule has 0 saturated heterocycles. The van der Waals surface area contributed by atoms with E-state index in [0.717, 1.165) is 30.4 Å². The maximum Gasteiger partial charge on any atom is 0.343 e. The van der Waals surface area contributed by atoms with E-state index in [9.17, 15) is 29.4 Å². The first kappa shape index (κ1) is 28.8. The lowest BCUT2D eigenvalue weighted by atomic mass is 9.80. The van der Waals surface area contributed by atoms with Gasteiger partial charge in [0.25, 0.3) is 0 Å². The molecule has 0 spiro atoms. The Labute approximate surface area is 236 Å². The average molecular weight is 559 g/mol. The van der Waals surface area contributed by atoms with E-state index in [1.807, 2.05) is 6.07 Å². The molecule has 41 heavy (non-hydrogen) atoms. The van der Waals surface area contributed by atoms with Gasteiger partial charge in [0.2, 0.25) is 5.91 Å². The summed E-state index contributed by atoms with van der Waals surface area (Å²) in [5.41, 5.74) is 8.71. The minimum absolute atomic E-state index is 0.0213. The fourth-order valence-electron chi connectivity index (χ4n) is 4.94. The molecule has 1 aliphatic rings. The number of nitrogens with one attached hydrogen (secondary N) is 2. The third-order valence-electron chi connectivity index (χ3n) is 6.81. The zero-order valence-corrected chi connectivity index (χ0v) is 22.1. The lowest BCUT2D eigenvalue weighted by Crippen LogP contribution is -2.36. The van der Waals surface area contributed by atoms with Crippen LogP contribution in [0.2, 0.25) is 0 Å². The summed E-state index contributed by atoms with van der Waals surface area (Å²) in [6.07, 6.45) is 2.40. The van der Waals surface area contributed by atoms with Gasteiger partial charge in [-0.05, 0) is 90.4 Å². The van der Waals surface area contributed by atoms with Crippen LogP contribution < -0.4 is 15.8 Å². The number of carbonyl (C=O) groups excluding carboxylic acids is 2. The fraction of sp³-hybridized carbons (Fsp3) is 0.233. The Morgan fingerprint density at radius 1 is 1.00 bits per heavy atom. The average Bonchev–Trinajstić information content (AvgIpc) is 2.92. The number of carboxylic acids is 2. The number of esters is 1. The highest BCUT2D eigenvalue weighted by Crippen LogP contribution is 2.36. The molecule has 0 unspecified atom stereocenters. The number of anilines is 1. The van der Waals surface area contributed by atoms with Gasteiger partial charge < -0.3 is 30.9 Å². The largest absolute Gasteiger partial charge is 0.480 e. The minimum Gasteiger partial charge on any atom is -0.480 e. The van der Waals surface area contributed by atoms with Crippen molar-refractivity contribution in [2.45, 2.75) is 38.1 Å². The molecule has 11 heteroatoms. The number of nitrogens with two attached hydrogens (primary N) is 1. The number of carboxylic acid groups (broad SMARTS) is 2. The van der Waals surface area contributed by atoms with Crippen LogP contribution in [0.1, 0.15) is 62.6 Å². The molecule has 0 bridgehead atoms. The lowest BCUT2D eigenvalue weighted by Gasteiger charge is -2.28. The van der Waals surface area contributed by atoms with Crippen LogP contribution in [-0.2, 0) is 22.6 Å². The molecule has 0 heterocycles. The summed E-state index contributed by atoms with van der Waals surface area (Å²) in [5.74, 6) is -3.13. The molecule has 212 valence electrons. The number of aryl methyl sites for hydroxylation is 1. The van der Waals surface area contributed by atoms with Crippen molar-refractivity contribution in [2.24, 2.45) is 5.73 Å². The van der Waals surface area contributed by atoms with E-state index in [0.29, 0.717) is 22.6 Å². The number of aliphatic carboxylic acids is 1. The Morgan fingerprint density at radius 3 is 2.44 bits per heavy atom. The van der Waals surface area contributed by atoms with Crippen LogP contribution in [0, 0.1) is 5.41 Å². The van der Waals surface area contributed by atoms with Gasteiger partial charge in [-0.25, -0.2) is 9.59 Å². The lowest BCUT2D eigenvalue weighted by molar-refractivity contribution is -0.145. The Bertz CT molecular complexity index is 1490. The van der Waals surface area contributed by atoms with E-state index in [2.05, 4.69) is 5.32 Å². The standard InChI is InChI=1S/C30H30N4O7/c31-30(32)33-23-9-7-19(8-10-23)29(40)41-24-11-12-25-20(14-24)4-2-5-21(25)15-26(35)34(17-27(36)37)16-18-3-1-6-22(13-18)28(38)39/h1,3,6-14,21H,2,4-5,15-17H2,(H,36,37)(H,38,39)(H4,31,32,33)/t21-/m0/s1. The normalized spacial score (nSPS) is 13.9. The first-order valence-electron chi connectivity index (χ1n) is 13.0. The van der Waals surface area contributed by atoms with E-state index in [1.54, 1.807) is 48.5 Å². The molecule has 0 aliphatic heterocycles. The highest BCUT2D eigenvalue weighted by atomic mass is 16.5. The van der Waals surface area contributed by atoms with Crippen molar-refractivity contribution in [2.75, 3.05) is 11.9 Å². The minimum atomic E-state index is -1.16. The quantitative estimate of drug-likeness (QED) is 0.107. The first-order chi connectivity index (χ1) is 19.6. The van der Waals surface area contributed by atoms with Crippen LogP contribution in [0.15, 0.2) is 66.7 Å². The molecule has 11 nitrogen and oxygen atoms in total. The Morgan fingerprint density at radius 2 is 1.76 bits per heavy atom. The van der Waals surface area contributed by atoms with Crippen LogP contribution in [0.25, 0.3) is 0 Å². The highest BCUT2D eigenvalue weighted by molar-refractivity contribution is 5.93. The molecule has 1 aliphatic carbocycles. The highest BCUT2D eigenvalue weighted by Gasteiger charge is 2.27. The molecule has 3 aromatic rings. The number of ether oxygens (including phenoxy) is 1. The van der Waals surface area contributed by atoms with E-state index in [-0.39, 0.29) is 36.3 Å². The number of amides is 1. The predicted octanol–water partition coefficient (Wildman–Crippen LogP) is 3.83. The molecule has 1 amide bonds. The summed E-state index contributed by atoms with van der Waals surface area (Å²) >= 11 is 0. The molecular weight excluding hydrogens is 528 g/mol. The molecule has 0 saturated carbocycles. The van der Waals surface area contributed by atoms with Gasteiger partial charge in [-0.2, -0.15) is 0 Å². The molecule has 0 radical (unpaired) electrons. The number of guanidine groups is 1. The van der Waals surface area contributed by atoms with Gasteiger partial charge in [0.05, 0.1) is 11.1 Å². The Hall–Kier alpha value is -5.19. The zero-order valence-electron chi connectivity index (χ0n) is 22.1. The maximum atomic E-state index is 13.3. The number of fused-ring (bicyclic) bond motifs is 1. The second kappa shape index (κ2) is 12.8. The van der Waals surface area contributed by atoms with Crippen LogP contribution in [0.3, 0.4) is 0 Å². The monoisotopic (exact) mass is 558 g/mol. The van der Waals surface area contributed by atoms with E-state index in [4.69, 9.17) is 15.9 Å². The van der Waals surface area contributed by atoms with Crippen molar-refractivity contribution >= 4 is 35.5 Å². The third-order valence-corrected chi connectivity index (χ3v) is 6.81. The Kier molecular flexibility index (Phi) is 8.98. The van der Waals surface area contributed by atoms with Crippen molar-refractivity contribution in [3.8, 4) is 5.75 Å². The SMILES string of the molecule is N=C(N)Nc1ccc(C(=O)Oc2ccc3c(c2)CCC[C@H]3CC(=O)N(CC(=O)O)Cc2cccc(C(=O)O)c2)cc1. The summed E-state index contributed by atoms with van der Waals surface area (Å²) in [6, 6.07) is 17.8. The van der Waals surface area contributed by atoms with Crippen LogP contribution in [0.4, 0.5) is 5.69 Å². The number of benzene rings is 3. The van der Waals surface area contributed by atoms with Crippen molar-refractivity contribution in [1.29, 1.82) is 5.41 Å². The second-order valence-electron chi connectivity index (χ2n) is 9.81. The van der Waals surface area contributed by atoms with Gasteiger partial charge >= 0.3 is 17.9 Å². The van der Waals surface area contributed by atoms with Gasteiger partial charge in [0.1, 0.15) is 12.3 Å². The van der Waals surface area contributed by atoms with Gasteiger partial charge in [0, 0.05) is 18.7 Å². The van der Waals surface area contributed by atoms with E-state index < -0.39 is 24.5 Å². The van der Waals surface area contributed by atoms with Gasteiger partial charge in [0.15, 0.2) is 5.96 Å². The van der Waals surface area contributed by atoms with Crippen molar-refractivity contribution in [1.82, 2.24) is 4.90 Å². The molecule has 0 fully saturated rings. The molecule has 4 rings (SSSR count). The fourth-order valence-corrected chi connectivity index (χ4v) is 4.94. The topological polar surface area (TPSA) is 183 Å². The third kappa shape index (κ3) is 7.69. The predicted molar refractivity (Wildman–Crippen MR) is 150 cm³/mol. The zero-order chi connectivity index (χ0) is 29.5. The summed E-state index contributed by atoms with van der Waals surface area (Å²) in [7, 11) is 0. The van der Waals surface area contributed by atoms with Crippen molar-refractivity contribution in [3.05, 3.63) is 94.5 Å². The van der Waals surface area contributed by atoms with Gasteiger partial charge in [-0.1, -0.05) is 18.2 Å². The van der Waals surface area contributed by atoms with E-state index >= 15 is 0 Å². The number of hydrogen-bond donors (Lipinski definition) is 5. The van der Waals surface area contributed by atoms with Crippen LogP contribution >= 0.6 is 0 Å². The number of nitrogens with zero attached hydrogens (tertiary/aromatic N) is 1. The summed E-state index contributed by atoms with van der Waals surface area (Å²) < 4.78 is 5.57. The van der Waals surface area contributed by atoms with E-state index in [1.165, 1.54) is 17.0 Å². The number of rotatable bonds is 10. The van der Waals surface area contributed by atoms with Gasteiger partial charge in [-0.15, -0.1) is 0 Å². The number of carbonyl (C=O) groups is 4. The van der Waals surface area contributed by atoms with Crippen LogP contribution in [-0.4, -0.2) is 51.4 Å². The summed E-state index contributed by atoms with van der Waals surface area (Å²) in [4.78, 5) is 50.0. The first-order valence-corrected chi connectivity index (χ1v) is 13.0. The molecule has 3 aromatic carbocycles. The smallest absolute Gasteiger partial charge is 0.343 e. The number of aromatic carboxylic acids is 1. The second-order valence-corrected chi connectivity index (χ2v) is 9.81. The molecule has 1 atom stereocenters. The van der Waals surface area contributed by atoms with Crippen LogP contribution in [0.5, 0.6) is 5.75 Å². The molecule has 0 aromatic heterocycles. The summed E-state index contributed by atoms with van der Waals surface area (Å²) in [6.45, 7) is -0.525. The van der Waals surface area contributed by atoms with Gasteiger partial charge in [-0.3, -0.25) is 15.0 Å². The maximum absolute atomic E-state index is 13.3. The number of hydrogen-bond acceptors (Lipinski definition) is 6. The van der Waals surface area contributed by atoms with Crippen molar-refractivity contribution in [3.63, 3.8) is 0 Å². The molecule has 6 N–H and O–H groups in total. The Balaban J connectivity index is 1.45. The molecular formula is C30H30N4O7. The van der Waals surface area contributed by atoms with Crippen molar-refractivity contribution < 1.29 is 34.1 Å².